The lowest BCUT2D eigenvalue weighted by molar-refractivity contribution is -0.385. The maximum Gasteiger partial charge on any atom is 0.270 e. The summed E-state index contributed by atoms with van der Waals surface area (Å²) in [4.78, 5) is 16.7. The molecule has 1 aliphatic heterocycles. The van der Waals surface area contributed by atoms with Crippen LogP contribution in [0.3, 0.4) is 0 Å². The molecule has 1 fully saturated rings. The number of nitro groups is 1. The van der Waals surface area contributed by atoms with Crippen LogP contribution in [0, 0.1) is 10.1 Å². The van der Waals surface area contributed by atoms with Gasteiger partial charge in [0.25, 0.3) is 5.69 Å². The second-order valence-corrected chi connectivity index (χ2v) is 8.97. The third-order valence-electron chi connectivity index (χ3n) is 4.87. The summed E-state index contributed by atoms with van der Waals surface area (Å²) in [5.74, 6) is 0.627. The number of hydrogen-bond donors (Lipinski definition) is 3. The number of aliphatic imine (C=N–C) groups is 1. The molecule has 0 radical (unpaired) electrons. The van der Waals surface area contributed by atoms with Crippen LogP contribution in [-0.2, 0) is 10.0 Å². The molecule has 1 aliphatic rings. The van der Waals surface area contributed by atoms with Crippen molar-refractivity contribution in [3.8, 4) is 0 Å². The minimum atomic E-state index is -3.82. The number of likely N-dealkylation sites (tertiary alicyclic amines) is 1. The van der Waals surface area contributed by atoms with Crippen LogP contribution < -0.4 is 15.4 Å². The van der Waals surface area contributed by atoms with Crippen molar-refractivity contribution in [3.63, 3.8) is 0 Å². The molecule has 170 valence electrons. The van der Waals surface area contributed by atoms with E-state index >= 15 is 0 Å². The number of sulfonamides is 1. The molecule has 0 saturated carbocycles. The summed E-state index contributed by atoms with van der Waals surface area (Å²) in [6.07, 6.45) is 2.05. The summed E-state index contributed by atoms with van der Waals surface area (Å²) in [7, 11) is -2.15. The zero-order valence-electron chi connectivity index (χ0n) is 17.5. The Hall–Kier alpha value is -1.51. The molecule has 0 bridgehead atoms. The van der Waals surface area contributed by atoms with Crippen LogP contribution in [0.1, 0.15) is 26.7 Å². The van der Waals surface area contributed by atoms with Crippen LogP contribution in [0.25, 0.3) is 0 Å². The van der Waals surface area contributed by atoms with E-state index in [-0.39, 0.29) is 41.1 Å². The molecule has 30 heavy (non-hydrogen) atoms. The van der Waals surface area contributed by atoms with Crippen LogP contribution in [0.5, 0.6) is 0 Å². The molecule has 12 heteroatoms. The topological polar surface area (TPSA) is 129 Å². The molecule has 0 atom stereocenters. The summed E-state index contributed by atoms with van der Waals surface area (Å²) in [5.41, 5.74) is -0.265. The van der Waals surface area contributed by atoms with Crippen molar-refractivity contribution in [2.45, 2.75) is 43.7 Å². The molecule has 0 spiro atoms. The standard InChI is InChI=1S/C18H30N6O4S.HI/c1-14(2)23-11-7-15(8-12-23)22-18(19-3)20-9-10-21-29(27,28)17-6-4-5-16(13-17)24(25)26;/h4-6,13-15,21H,7-12H2,1-3H3,(H2,19,20,22);1H. The van der Waals surface area contributed by atoms with E-state index in [2.05, 4.69) is 39.1 Å². The molecule has 1 saturated heterocycles. The maximum absolute atomic E-state index is 12.3. The number of non-ortho nitro benzene ring substituents is 1. The third kappa shape index (κ3) is 7.96. The smallest absolute Gasteiger partial charge is 0.270 e. The zero-order chi connectivity index (χ0) is 21.4. The van der Waals surface area contributed by atoms with Gasteiger partial charge >= 0.3 is 0 Å². The van der Waals surface area contributed by atoms with Gasteiger partial charge in [-0.15, -0.1) is 24.0 Å². The van der Waals surface area contributed by atoms with Gasteiger partial charge in [0, 0.05) is 57.4 Å². The molecule has 1 aromatic carbocycles. The van der Waals surface area contributed by atoms with Crippen molar-refractivity contribution < 1.29 is 13.3 Å². The van der Waals surface area contributed by atoms with Gasteiger partial charge in [-0.3, -0.25) is 15.1 Å². The normalized spacial score (nSPS) is 16.2. The molecular weight excluding hydrogens is 523 g/mol. The number of nitrogens with one attached hydrogen (secondary N) is 3. The van der Waals surface area contributed by atoms with E-state index < -0.39 is 14.9 Å². The first-order valence-corrected chi connectivity index (χ1v) is 11.2. The van der Waals surface area contributed by atoms with Crippen LogP contribution in [-0.4, -0.2) is 69.5 Å². The van der Waals surface area contributed by atoms with Gasteiger partial charge < -0.3 is 15.5 Å². The predicted octanol–water partition coefficient (Wildman–Crippen LogP) is 1.53. The number of nitrogens with zero attached hydrogens (tertiary/aromatic N) is 3. The lowest BCUT2D eigenvalue weighted by Gasteiger charge is -2.35. The predicted molar refractivity (Wildman–Crippen MR) is 128 cm³/mol. The van der Waals surface area contributed by atoms with Gasteiger partial charge in [-0.05, 0) is 32.8 Å². The monoisotopic (exact) mass is 554 g/mol. The third-order valence-corrected chi connectivity index (χ3v) is 6.33. The first kappa shape index (κ1) is 26.5. The number of guanidine groups is 1. The fourth-order valence-corrected chi connectivity index (χ4v) is 4.23. The number of halogens is 1. The van der Waals surface area contributed by atoms with Gasteiger partial charge in [0.05, 0.1) is 9.82 Å². The molecule has 1 aromatic rings. The van der Waals surface area contributed by atoms with Gasteiger partial charge in [-0.2, -0.15) is 0 Å². The number of piperidine rings is 1. The summed E-state index contributed by atoms with van der Waals surface area (Å²) in [5, 5.41) is 17.3. The van der Waals surface area contributed by atoms with Crippen molar-refractivity contribution in [1.29, 1.82) is 0 Å². The Morgan fingerprint density at radius 1 is 1.30 bits per heavy atom. The Labute approximate surface area is 195 Å². The van der Waals surface area contributed by atoms with E-state index in [9.17, 15) is 18.5 Å². The molecule has 0 unspecified atom stereocenters. The van der Waals surface area contributed by atoms with Gasteiger partial charge in [-0.25, -0.2) is 13.1 Å². The minimum absolute atomic E-state index is 0. The molecule has 10 nitrogen and oxygen atoms in total. The quantitative estimate of drug-likeness (QED) is 0.111. The molecular formula is C18H31IN6O4S. The summed E-state index contributed by atoms with van der Waals surface area (Å²) < 4.78 is 27.1. The second kappa shape index (κ2) is 12.4. The van der Waals surface area contributed by atoms with Crippen LogP contribution in [0.4, 0.5) is 5.69 Å². The van der Waals surface area contributed by atoms with Crippen molar-refractivity contribution in [3.05, 3.63) is 34.4 Å². The van der Waals surface area contributed by atoms with Gasteiger partial charge in [0.15, 0.2) is 5.96 Å². The average Bonchev–Trinajstić information content (AvgIpc) is 2.70. The van der Waals surface area contributed by atoms with E-state index in [1.54, 1.807) is 7.05 Å². The van der Waals surface area contributed by atoms with Crippen LogP contribution in [0.2, 0.25) is 0 Å². The maximum atomic E-state index is 12.3. The number of benzene rings is 1. The Morgan fingerprint density at radius 3 is 2.53 bits per heavy atom. The minimum Gasteiger partial charge on any atom is -0.355 e. The molecule has 1 heterocycles. The Balaban J connectivity index is 0.00000450. The summed E-state index contributed by atoms with van der Waals surface area (Å²) in [6, 6.07) is 5.85. The van der Waals surface area contributed by atoms with E-state index in [4.69, 9.17) is 0 Å². The largest absolute Gasteiger partial charge is 0.355 e. The van der Waals surface area contributed by atoms with E-state index in [1.807, 2.05) is 0 Å². The molecule has 0 amide bonds. The van der Waals surface area contributed by atoms with Crippen LogP contribution >= 0.6 is 24.0 Å². The SMILES string of the molecule is CN=C(NCCNS(=O)(=O)c1cccc([N+](=O)[O-])c1)NC1CCN(C(C)C)CC1.I. The van der Waals surface area contributed by atoms with E-state index in [0.29, 0.717) is 24.6 Å². The van der Waals surface area contributed by atoms with Crippen LogP contribution in [0.15, 0.2) is 34.2 Å². The lowest BCUT2D eigenvalue weighted by Crippen LogP contribution is -2.50. The number of nitro benzene ring substituents is 1. The summed E-state index contributed by atoms with van der Waals surface area (Å²) in [6.45, 7) is 6.92. The Morgan fingerprint density at radius 2 is 1.97 bits per heavy atom. The molecule has 2 rings (SSSR count). The molecule has 0 aliphatic carbocycles. The highest BCUT2D eigenvalue weighted by atomic mass is 127. The fraction of sp³-hybridized carbons (Fsp3) is 0.611. The van der Waals surface area contributed by atoms with E-state index in [1.165, 1.54) is 18.2 Å². The van der Waals surface area contributed by atoms with Gasteiger partial charge in [0.2, 0.25) is 10.0 Å². The lowest BCUT2D eigenvalue weighted by atomic mass is 10.0. The average molecular weight is 554 g/mol. The van der Waals surface area contributed by atoms with Gasteiger partial charge in [-0.1, -0.05) is 6.07 Å². The number of rotatable bonds is 8. The Bertz CT molecular complexity index is 826. The van der Waals surface area contributed by atoms with Crippen molar-refractivity contribution in [2.24, 2.45) is 4.99 Å². The Kier molecular flexibility index (Phi) is 10.9. The van der Waals surface area contributed by atoms with Crippen molar-refractivity contribution in [2.75, 3.05) is 33.2 Å². The first-order valence-electron chi connectivity index (χ1n) is 9.68. The highest BCUT2D eigenvalue weighted by Gasteiger charge is 2.21. The summed E-state index contributed by atoms with van der Waals surface area (Å²) >= 11 is 0. The van der Waals surface area contributed by atoms with Crippen molar-refractivity contribution in [1.82, 2.24) is 20.3 Å². The highest BCUT2D eigenvalue weighted by molar-refractivity contribution is 14.0. The van der Waals surface area contributed by atoms with Gasteiger partial charge in [0.1, 0.15) is 0 Å². The molecule has 3 N–H and O–H groups in total. The fourth-order valence-electron chi connectivity index (χ4n) is 3.16. The number of hydrogen-bond acceptors (Lipinski definition) is 6. The molecule has 0 aromatic heterocycles. The second-order valence-electron chi connectivity index (χ2n) is 7.20. The highest BCUT2D eigenvalue weighted by Crippen LogP contribution is 2.17. The zero-order valence-corrected chi connectivity index (χ0v) is 20.6. The van der Waals surface area contributed by atoms with E-state index in [0.717, 1.165) is 32.0 Å². The van der Waals surface area contributed by atoms with Crippen molar-refractivity contribution >= 4 is 45.6 Å². The first-order chi connectivity index (χ1) is 13.7.